The van der Waals surface area contributed by atoms with Crippen LogP contribution in [0.3, 0.4) is 0 Å². The van der Waals surface area contributed by atoms with Crippen LogP contribution in [-0.2, 0) is 18.7 Å². The Morgan fingerprint density at radius 3 is 2.89 bits per heavy atom. The van der Waals surface area contributed by atoms with Gasteiger partial charge in [0.15, 0.2) is 5.84 Å². The average molecular weight is 398 g/mol. The molecule has 3 N–H and O–H groups in total. The Hall–Kier alpha value is -2.65. The zero-order chi connectivity index (χ0) is 19.8. The Labute approximate surface area is 167 Å². The molecule has 0 saturated heterocycles. The number of pyridine rings is 1. The van der Waals surface area contributed by atoms with Crippen LogP contribution in [0, 0.1) is 13.8 Å². The van der Waals surface area contributed by atoms with Crippen molar-refractivity contribution >= 4 is 17.8 Å². The van der Waals surface area contributed by atoms with E-state index in [1.54, 1.807) is 18.1 Å². The zero-order valence-electron chi connectivity index (χ0n) is 16.1. The molecule has 0 atom stereocenters. The molecule has 28 heavy (non-hydrogen) atoms. The molecule has 0 saturated carbocycles. The summed E-state index contributed by atoms with van der Waals surface area (Å²) in [5, 5.41) is 18.8. The molecule has 0 unspecified atom stereocenters. The molecule has 1 aromatic heterocycles. The molecule has 2 aliphatic heterocycles. The summed E-state index contributed by atoms with van der Waals surface area (Å²) in [5.74, 6) is 1.90. The normalized spacial score (nSPS) is 13.5. The maximum Gasteiger partial charge on any atom is 0.160 e. The van der Waals surface area contributed by atoms with Gasteiger partial charge in [-0.1, -0.05) is 0 Å². The molecule has 1 aliphatic carbocycles. The van der Waals surface area contributed by atoms with Gasteiger partial charge in [0.2, 0.25) is 0 Å². The first-order chi connectivity index (χ1) is 13.5. The van der Waals surface area contributed by atoms with E-state index in [2.05, 4.69) is 14.5 Å². The van der Waals surface area contributed by atoms with Crippen LogP contribution < -0.4 is 10.5 Å². The number of aliphatic hydroxyl groups excluding tert-OH is 1. The largest absolute Gasteiger partial charge is 0.496 e. The summed E-state index contributed by atoms with van der Waals surface area (Å²) in [6.45, 7) is 4.42. The smallest absolute Gasteiger partial charge is 0.160 e. The first-order valence-electron chi connectivity index (χ1n) is 8.98. The minimum atomic E-state index is 0.0827. The standard InChI is InChI=1S/C19H22N6O2S/c1-10-7-21-15(11(2)18(10)27-3)8-25-22-14-6-12(4-5-26)13-9-28-24-19(20)17(23-25)16(13)14/h6-7,26H,4-5,8-9H2,1-3H3,(H2,20,24). The fourth-order valence-electron chi connectivity index (χ4n) is 3.63. The fourth-order valence-corrected chi connectivity index (χ4v) is 4.38. The average Bonchev–Trinajstić information content (AvgIpc) is 2.91. The van der Waals surface area contributed by atoms with E-state index in [1.165, 1.54) is 11.9 Å². The summed E-state index contributed by atoms with van der Waals surface area (Å²) in [6, 6.07) is 2.01. The summed E-state index contributed by atoms with van der Waals surface area (Å²) >= 11 is 1.39. The van der Waals surface area contributed by atoms with E-state index in [-0.39, 0.29) is 6.61 Å². The zero-order valence-corrected chi connectivity index (χ0v) is 16.9. The third-order valence-corrected chi connectivity index (χ3v) is 5.71. The molecule has 4 rings (SSSR count). The summed E-state index contributed by atoms with van der Waals surface area (Å²) in [6.07, 6.45) is 2.36. The molecule has 0 radical (unpaired) electrons. The Bertz CT molecular complexity index is 1050. The minimum Gasteiger partial charge on any atom is -0.496 e. The van der Waals surface area contributed by atoms with Crippen molar-refractivity contribution in [3.63, 3.8) is 0 Å². The van der Waals surface area contributed by atoms with Crippen molar-refractivity contribution in [1.29, 1.82) is 0 Å². The number of nitrogens with two attached hydrogens (primary N) is 1. The van der Waals surface area contributed by atoms with Gasteiger partial charge in [-0.25, -0.2) is 0 Å². The van der Waals surface area contributed by atoms with Crippen LogP contribution in [0.2, 0.25) is 0 Å². The molecule has 0 amide bonds. The van der Waals surface area contributed by atoms with Crippen molar-refractivity contribution in [1.82, 2.24) is 20.0 Å². The Balaban J connectivity index is 1.83. The highest BCUT2D eigenvalue weighted by Gasteiger charge is 2.27. The number of methoxy groups -OCH3 is 1. The molecule has 1 aromatic rings. The first kappa shape index (κ1) is 18.7. The number of amidine groups is 1. The van der Waals surface area contributed by atoms with Crippen molar-refractivity contribution in [3.05, 3.63) is 45.9 Å². The Morgan fingerprint density at radius 2 is 2.14 bits per heavy atom. The lowest BCUT2D eigenvalue weighted by Crippen LogP contribution is -2.22. The number of rotatable bonds is 5. The number of ether oxygens (including phenoxy) is 1. The van der Waals surface area contributed by atoms with Gasteiger partial charge in [-0.05, 0) is 49.4 Å². The van der Waals surface area contributed by atoms with Gasteiger partial charge >= 0.3 is 0 Å². The third-order valence-electron chi connectivity index (χ3n) is 4.97. The molecule has 0 bridgehead atoms. The second-order valence-electron chi connectivity index (χ2n) is 6.76. The summed E-state index contributed by atoms with van der Waals surface area (Å²) < 4.78 is 9.85. The minimum absolute atomic E-state index is 0.0827. The number of aliphatic hydroxyl groups is 1. The van der Waals surface area contributed by atoms with E-state index in [0.29, 0.717) is 30.2 Å². The third kappa shape index (κ3) is 3.10. The van der Waals surface area contributed by atoms with Crippen LogP contribution in [0.25, 0.3) is 11.3 Å². The van der Waals surface area contributed by atoms with Crippen molar-refractivity contribution in [3.8, 4) is 17.0 Å². The van der Waals surface area contributed by atoms with Gasteiger partial charge in [-0.2, -0.15) is 19.4 Å². The second kappa shape index (κ2) is 7.40. The molecule has 146 valence electrons. The van der Waals surface area contributed by atoms with Gasteiger partial charge in [0, 0.05) is 35.2 Å². The highest BCUT2D eigenvalue weighted by Crippen LogP contribution is 2.37. The highest BCUT2D eigenvalue weighted by atomic mass is 32.2. The Kier molecular flexibility index (Phi) is 4.94. The predicted molar refractivity (Wildman–Crippen MR) is 109 cm³/mol. The predicted octanol–water partition coefficient (Wildman–Crippen LogP) is 1.85. The fraction of sp³-hybridized carbons (Fsp3) is 0.368. The summed E-state index contributed by atoms with van der Waals surface area (Å²) in [4.78, 5) is 6.15. The van der Waals surface area contributed by atoms with E-state index in [0.717, 1.165) is 45.0 Å². The van der Waals surface area contributed by atoms with E-state index < -0.39 is 0 Å². The van der Waals surface area contributed by atoms with Crippen LogP contribution in [-0.4, -0.2) is 44.6 Å². The van der Waals surface area contributed by atoms with Crippen molar-refractivity contribution in [2.45, 2.75) is 32.6 Å². The number of aromatic nitrogens is 4. The van der Waals surface area contributed by atoms with Crippen LogP contribution in [0.4, 0.5) is 0 Å². The summed E-state index contributed by atoms with van der Waals surface area (Å²) in [7, 11) is 1.66. The number of nitrogens with zero attached hydrogens (tertiary/aromatic N) is 5. The number of aryl methyl sites for hydroxylation is 1. The molecule has 9 heteroatoms. The molecule has 0 aromatic carbocycles. The lowest BCUT2D eigenvalue weighted by molar-refractivity contribution is 0.299. The molecule has 3 aliphatic rings. The number of hydrogen-bond acceptors (Lipinski definition) is 8. The number of hydrogen-bond donors (Lipinski definition) is 2. The summed E-state index contributed by atoms with van der Waals surface area (Å²) in [5.41, 5.74) is 13.5. The van der Waals surface area contributed by atoms with Crippen LogP contribution >= 0.6 is 11.9 Å². The lowest BCUT2D eigenvalue weighted by Gasteiger charge is -2.14. The van der Waals surface area contributed by atoms with E-state index >= 15 is 0 Å². The van der Waals surface area contributed by atoms with Crippen molar-refractivity contribution in [2.24, 2.45) is 10.1 Å². The van der Waals surface area contributed by atoms with Gasteiger partial charge in [-0.3, -0.25) is 4.98 Å². The maximum atomic E-state index is 9.40. The van der Waals surface area contributed by atoms with Crippen LogP contribution in [0.1, 0.15) is 33.6 Å². The molecule has 0 spiro atoms. The molecular formula is C19H22N6O2S. The lowest BCUT2D eigenvalue weighted by atomic mass is 10.1. The van der Waals surface area contributed by atoms with E-state index in [9.17, 15) is 5.11 Å². The van der Waals surface area contributed by atoms with E-state index in [1.807, 2.05) is 19.9 Å². The topological polar surface area (TPSA) is 111 Å². The van der Waals surface area contributed by atoms with Gasteiger partial charge in [0.05, 0.1) is 18.5 Å². The van der Waals surface area contributed by atoms with Gasteiger partial charge in [-0.15, -0.1) is 0 Å². The quantitative estimate of drug-likeness (QED) is 0.631. The Morgan fingerprint density at radius 1 is 1.32 bits per heavy atom. The van der Waals surface area contributed by atoms with Crippen LogP contribution in [0.15, 0.2) is 16.7 Å². The maximum absolute atomic E-state index is 9.40. The van der Waals surface area contributed by atoms with Crippen molar-refractivity contribution in [2.75, 3.05) is 13.7 Å². The molecular weight excluding hydrogens is 376 g/mol. The molecule has 0 fully saturated rings. The van der Waals surface area contributed by atoms with Crippen LogP contribution in [0.5, 0.6) is 5.75 Å². The highest BCUT2D eigenvalue weighted by molar-refractivity contribution is 7.97. The first-order valence-corrected chi connectivity index (χ1v) is 9.93. The molecule has 8 nitrogen and oxygen atoms in total. The van der Waals surface area contributed by atoms with Gasteiger partial charge in [0.25, 0.3) is 0 Å². The van der Waals surface area contributed by atoms with Gasteiger partial charge in [0.1, 0.15) is 18.0 Å². The molecule has 3 heterocycles. The second-order valence-corrected chi connectivity index (χ2v) is 7.49. The van der Waals surface area contributed by atoms with Crippen molar-refractivity contribution < 1.29 is 9.84 Å². The monoisotopic (exact) mass is 398 g/mol. The van der Waals surface area contributed by atoms with Gasteiger partial charge < -0.3 is 15.6 Å². The van der Waals surface area contributed by atoms with E-state index in [4.69, 9.17) is 15.6 Å². The SMILES string of the molecule is COc1c(C)cnc(Cn2nc3cc(CCO)c4c-3c(n2)C(N)=NSC4)c1C.